The number of hydrogen-bond acceptors (Lipinski definition) is 5. The highest BCUT2D eigenvalue weighted by atomic mass is 16.6. The third-order valence-corrected chi connectivity index (χ3v) is 3.71. The Morgan fingerprint density at radius 2 is 1.88 bits per heavy atom. The Hall–Kier alpha value is -1.92. The van der Waals surface area contributed by atoms with Gasteiger partial charge in [-0.3, -0.25) is 4.79 Å². The molecule has 6 heteroatoms. The number of nitrogens with one attached hydrogen (secondary N) is 1. The fourth-order valence-corrected chi connectivity index (χ4v) is 2.49. The first-order chi connectivity index (χ1) is 12.0. The summed E-state index contributed by atoms with van der Waals surface area (Å²) >= 11 is 0. The fraction of sp³-hybridized carbons (Fsp3) is 0.579. The molecule has 138 valence electrons. The minimum absolute atomic E-state index is 0.180. The molecule has 1 aliphatic rings. The highest BCUT2D eigenvalue weighted by Crippen LogP contribution is 2.24. The van der Waals surface area contributed by atoms with E-state index in [2.05, 4.69) is 19.2 Å². The molecule has 1 aromatic rings. The number of esters is 1. The Balaban J connectivity index is 1.88. The minimum atomic E-state index is -0.783. The average Bonchev–Trinajstić information content (AvgIpc) is 3.36. The van der Waals surface area contributed by atoms with Gasteiger partial charge in [0.25, 0.3) is 5.91 Å². The van der Waals surface area contributed by atoms with Crippen molar-refractivity contribution >= 4 is 11.9 Å². The number of carbonyl (C=O) groups is 2. The van der Waals surface area contributed by atoms with Gasteiger partial charge in [0.2, 0.25) is 0 Å². The molecule has 0 aromatic heterocycles. The van der Waals surface area contributed by atoms with E-state index in [0.29, 0.717) is 25.6 Å². The second-order valence-corrected chi connectivity index (χ2v) is 6.56. The molecule has 25 heavy (non-hydrogen) atoms. The molecule has 2 rings (SSSR count). The number of rotatable bonds is 10. The van der Waals surface area contributed by atoms with E-state index in [-0.39, 0.29) is 18.6 Å². The van der Waals surface area contributed by atoms with Crippen LogP contribution in [0, 0.1) is 5.92 Å². The summed E-state index contributed by atoms with van der Waals surface area (Å²) in [4.78, 5) is 23.9. The van der Waals surface area contributed by atoms with Gasteiger partial charge in [0.15, 0.2) is 12.2 Å². The SMILES string of the molecule is CCOC(=O)[C@H]1O[C@@H]1C(=O)N[C@H](COCC(C)C)Cc1ccccc1. The van der Waals surface area contributed by atoms with Crippen molar-refractivity contribution in [1.29, 1.82) is 0 Å². The van der Waals surface area contributed by atoms with Crippen LogP contribution in [0.25, 0.3) is 0 Å². The van der Waals surface area contributed by atoms with Crippen LogP contribution < -0.4 is 5.32 Å². The summed E-state index contributed by atoms with van der Waals surface area (Å²) in [6, 6.07) is 9.72. The lowest BCUT2D eigenvalue weighted by Crippen LogP contribution is -2.43. The average molecular weight is 349 g/mol. The van der Waals surface area contributed by atoms with Crippen molar-refractivity contribution in [2.24, 2.45) is 5.92 Å². The molecule has 1 aromatic carbocycles. The van der Waals surface area contributed by atoms with Crippen molar-refractivity contribution in [3.8, 4) is 0 Å². The number of carbonyl (C=O) groups excluding carboxylic acids is 2. The van der Waals surface area contributed by atoms with Crippen molar-refractivity contribution in [2.45, 2.75) is 45.4 Å². The van der Waals surface area contributed by atoms with Gasteiger partial charge in [0.1, 0.15) is 0 Å². The van der Waals surface area contributed by atoms with Crippen LogP contribution in [-0.2, 0) is 30.2 Å². The first kappa shape index (κ1) is 19.4. The molecule has 6 nitrogen and oxygen atoms in total. The lowest BCUT2D eigenvalue weighted by molar-refractivity contribution is -0.144. The standard InChI is InChI=1S/C19H27NO5/c1-4-24-19(22)17-16(25-17)18(21)20-15(12-23-11-13(2)3)10-14-8-6-5-7-9-14/h5-9,13,15-17H,4,10-12H2,1-3H3,(H,20,21)/t15-,16-,17-/m0/s1. The quantitative estimate of drug-likeness (QED) is 0.514. The Labute approximate surface area is 148 Å². The second-order valence-electron chi connectivity index (χ2n) is 6.56. The van der Waals surface area contributed by atoms with Crippen molar-refractivity contribution < 1.29 is 23.8 Å². The summed E-state index contributed by atoms with van der Waals surface area (Å²) in [5.74, 6) is -0.363. The van der Waals surface area contributed by atoms with Crippen LogP contribution >= 0.6 is 0 Å². The third-order valence-electron chi connectivity index (χ3n) is 3.71. The van der Waals surface area contributed by atoms with Gasteiger partial charge in [-0.15, -0.1) is 0 Å². The van der Waals surface area contributed by atoms with Crippen LogP contribution in [0.2, 0.25) is 0 Å². The summed E-state index contributed by atoms with van der Waals surface area (Å²) in [5, 5.41) is 2.93. The number of hydrogen-bond donors (Lipinski definition) is 1. The maximum atomic E-state index is 12.3. The number of amides is 1. The van der Waals surface area contributed by atoms with E-state index in [1.165, 1.54) is 0 Å². The molecule has 1 N–H and O–H groups in total. The van der Waals surface area contributed by atoms with Crippen LogP contribution in [0.15, 0.2) is 30.3 Å². The van der Waals surface area contributed by atoms with E-state index in [1.54, 1.807) is 6.92 Å². The van der Waals surface area contributed by atoms with E-state index >= 15 is 0 Å². The molecule has 1 amide bonds. The monoisotopic (exact) mass is 349 g/mol. The van der Waals surface area contributed by atoms with E-state index < -0.39 is 18.2 Å². The van der Waals surface area contributed by atoms with E-state index in [4.69, 9.17) is 14.2 Å². The van der Waals surface area contributed by atoms with Crippen LogP contribution in [-0.4, -0.2) is 49.9 Å². The number of benzene rings is 1. The van der Waals surface area contributed by atoms with Gasteiger partial charge in [-0.2, -0.15) is 0 Å². The molecular formula is C19H27NO5. The summed E-state index contributed by atoms with van der Waals surface area (Å²) in [6.07, 6.45) is -0.891. The van der Waals surface area contributed by atoms with E-state index in [1.807, 2.05) is 30.3 Å². The summed E-state index contributed by atoms with van der Waals surface area (Å²) in [5.41, 5.74) is 1.11. The summed E-state index contributed by atoms with van der Waals surface area (Å²) in [7, 11) is 0. The molecule has 1 heterocycles. The van der Waals surface area contributed by atoms with Crippen LogP contribution in [0.3, 0.4) is 0 Å². The second kappa shape index (κ2) is 9.53. The summed E-state index contributed by atoms with van der Waals surface area (Å²) < 4.78 is 15.7. The molecule has 0 aliphatic carbocycles. The van der Waals surface area contributed by atoms with Gasteiger partial charge >= 0.3 is 5.97 Å². The van der Waals surface area contributed by atoms with Gasteiger partial charge < -0.3 is 19.5 Å². The van der Waals surface area contributed by atoms with Gasteiger partial charge in [-0.05, 0) is 24.8 Å². The summed E-state index contributed by atoms with van der Waals surface area (Å²) in [6.45, 7) is 7.19. The zero-order valence-corrected chi connectivity index (χ0v) is 15.1. The lowest BCUT2D eigenvalue weighted by Gasteiger charge is -2.19. The molecule has 0 unspecified atom stereocenters. The Morgan fingerprint density at radius 3 is 2.52 bits per heavy atom. The highest BCUT2D eigenvalue weighted by molar-refractivity contribution is 5.92. The number of ether oxygens (including phenoxy) is 3. The van der Waals surface area contributed by atoms with E-state index in [0.717, 1.165) is 5.56 Å². The topological polar surface area (TPSA) is 77.2 Å². The van der Waals surface area contributed by atoms with Gasteiger partial charge in [-0.1, -0.05) is 44.2 Å². The zero-order valence-electron chi connectivity index (χ0n) is 15.1. The van der Waals surface area contributed by atoms with Gasteiger partial charge in [0, 0.05) is 6.61 Å². The Bertz CT molecular complexity index is 560. The van der Waals surface area contributed by atoms with Crippen molar-refractivity contribution in [3.05, 3.63) is 35.9 Å². The normalized spacial score (nSPS) is 20.2. The zero-order chi connectivity index (χ0) is 18.2. The van der Waals surface area contributed by atoms with Crippen molar-refractivity contribution in [1.82, 2.24) is 5.32 Å². The van der Waals surface area contributed by atoms with Crippen LogP contribution in [0.1, 0.15) is 26.3 Å². The predicted molar refractivity (Wildman–Crippen MR) is 93.0 cm³/mol. The van der Waals surface area contributed by atoms with Crippen molar-refractivity contribution in [2.75, 3.05) is 19.8 Å². The third kappa shape index (κ3) is 6.48. The molecule has 0 bridgehead atoms. The predicted octanol–water partition coefficient (Wildman–Crippen LogP) is 1.72. The van der Waals surface area contributed by atoms with Crippen LogP contribution in [0.4, 0.5) is 0 Å². The van der Waals surface area contributed by atoms with E-state index in [9.17, 15) is 9.59 Å². The fourth-order valence-electron chi connectivity index (χ4n) is 2.49. The highest BCUT2D eigenvalue weighted by Gasteiger charge is 2.51. The first-order valence-electron chi connectivity index (χ1n) is 8.75. The molecule has 1 fully saturated rings. The maximum absolute atomic E-state index is 12.3. The molecule has 3 atom stereocenters. The van der Waals surface area contributed by atoms with Crippen LogP contribution in [0.5, 0.6) is 0 Å². The first-order valence-corrected chi connectivity index (χ1v) is 8.75. The molecule has 0 spiro atoms. The number of epoxide rings is 1. The smallest absolute Gasteiger partial charge is 0.338 e. The van der Waals surface area contributed by atoms with Gasteiger partial charge in [0.05, 0.1) is 19.3 Å². The van der Waals surface area contributed by atoms with Gasteiger partial charge in [-0.25, -0.2) is 4.79 Å². The molecular weight excluding hydrogens is 322 g/mol. The molecule has 1 aliphatic heterocycles. The minimum Gasteiger partial charge on any atom is -0.464 e. The Kier molecular flexibility index (Phi) is 7.40. The lowest BCUT2D eigenvalue weighted by atomic mass is 10.1. The largest absolute Gasteiger partial charge is 0.464 e. The molecule has 0 radical (unpaired) electrons. The molecule has 1 saturated heterocycles. The van der Waals surface area contributed by atoms with Crippen molar-refractivity contribution in [3.63, 3.8) is 0 Å². The maximum Gasteiger partial charge on any atom is 0.338 e. The molecule has 0 saturated carbocycles. The Morgan fingerprint density at radius 1 is 1.16 bits per heavy atom.